The lowest BCUT2D eigenvalue weighted by Crippen LogP contribution is -2.47. The molecule has 6 nitrogen and oxygen atoms in total. The van der Waals surface area contributed by atoms with Gasteiger partial charge in [0.1, 0.15) is 17.2 Å². The highest BCUT2D eigenvalue weighted by Crippen LogP contribution is 2.20. The Kier molecular flexibility index (Phi) is 4.54. The van der Waals surface area contributed by atoms with Crippen LogP contribution in [-0.4, -0.2) is 48.9 Å². The van der Waals surface area contributed by atoms with Gasteiger partial charge in [-0.15, -0.1) is 0 Å². The van der Waals surface area contributed by atoms with Crippen molar-refractivity contribution in [1.29, 1.82) is 0 Å². The van der Waals surface area contributed by atoms with E-state index in [4.69, 9.17) is 3.15 Å². The molecule has 0 aromatic carbocycles. The molecule has 2 heterocycles. The van der Waals surface area contributed by atoms with E-state index in [0.717, 1.165) is 37.9 Å². The van der Waals surface area contributed by atoms with Crippen LogP contribution in [0.2, 0.25) is 0 Å². The number of nitrogens with zero attached hydrogens (tertiary/aromatic N) is 3. The van der Waals surface area contributed by atoms with Gasteiger partial charge < -0.3 is 10.6 Å². The molecule has 0 atom stereocenters. The van der Waals surface area contributed by atoms with Gasteiger partial charge in [-0.1, -0.05) is 0 Å². The highest BCUT2D eigenvalue weighted by atomic mass is 127. The molecule has 0 saturated carbocycles. The molecule has 19 heavy (non-hydrogen) atoms. The van der Waals surface area contributed by atoms with E-state index < -0.39 is 21.3 Å². The maximum Gasteiger partial charge on any atom is 0.125 e. The Morgan fingerprint density at radius 2 is 1.63 bits per heavy atom. The van der Waals surface area contributed by atoms with Crippen molar-refractivity contribution < 1.29 is 0 Å². The average Bonchev–Trinajstić information content (AvgIpc) is 3.03. The number of halogens is 1. The van der Waals surface area contributed by atoms with Crippen molar-refractivity contribution in [3.05, 3.63) is 0 Å². The molecule has 0 fully saturated rings. The topological polar surface area (TPSA) is 73.2 Å². The van der Waals surface area contributed by atoms with Crippen LogP contribution < -0.4 is 14.2 Å². The summed E-state index contributed by atoms with van der Waals surface area (Å²) in [6.45, 7) is 12.2. The molecule has 0 spiro atoms. The van der Waals surface area contributed by atoms with Crippen molar-refractivity contribution in [1.82, 2.24) is 14.2 Å². The van der Waals surface area contributed by atoms with Crippen LogP contribution in [0.1, 0.15) is 27.7 Å². The van der Waals surface area contributed by atoms with E-state index in [1.165, 1.54) is 0 Å². The van der Waals surface area contributed by atoms with E-state index in [1.807, 2.05) is 0 Å². The smallest absolute Gasteiger partial charge is 0.125 e. The van der Waals surface area contributed by atoms with Crippen LogP contribution in [0, 0.1) is 0 Å². The molecular weight excluding hydrogens is 355 g/mol. The van der Waals surface area contributed by atoms with Crippen LogP contribution in [0.15, 0.2) is 13.1 Å². The van der Waals surface area contributed by atoms with Gasteiger partial charge in [-0.2, -0.15) is 0 Å². The van der Waals surface area contributed by atoms with Crippen molar-refractivity contribution in [2.45, 2.75) is 38.8 Å². The van der Waals surface area contributed by atoms with Gasteiger partial charge in [-0.25, -0.2) is 6.68 Å². The van der Waals surface area contributed by atoms with Gasteiger partial charge in [-0.3, -0.25) is 9.98 Å². The lowest BCUT2D eigenvalue weighted by Gasteiger charge is -2.25. The second-order valence-corrected chi connectivity index (χ2v) is 7.27. The molecule has 2 rings (SSSR count). The third-order valence-corrected chi connectivity index (χ3v) is 6.09. The van der Waals surface area contributed by atoms with E-state index in [-0.39, 0.29) is 11.1 Å². The lowest BCUT2D eigenvalue weighted by molar-refractivity contribution is 0.645. The molecule has 3 N–H and O–H groups in total. The first-order valence-electron chi connectivity index (χ1n) is 6.62. The highest BCUT2D eigenvalue weighted by Gasteiger charge is 2.28. The Morgan fingerprint density at radius 3 is 2.16 bits per heavy atom. The standard InChI is InChI=1S/C12H23IN6/c1-11(2,9-14-5-6-15-9)18-13-19-12(3,4)10-16-7-8-17-10/h5-8H2,1-4H3,(H,14,15)(H,16,17)(H,18,19). The summed E-state index contributed by atoms with van der Waals surface area (Å²) in [7, 11) is 0. The van der Waals surface area contributed by atoms with E-state index in [0.29, 0.717) is 0 Å². The monoisotopic (exact) mass is 378 g/mol. The number of aliphatic imine (C=N–C) groups is 2. The molecule has 0 aromatic rings. The van der Waals surface area contributed by atoms with Crippen molar-refractivity contribution in [3.8, 4) is 0 Å². The van der Waals surface area contributed by atoms with Gasteiger partial charge >= 0.3 is 0 Å². The second kappa shape index (κ2) is 5.82. The third kappa shape index (κ3) is 3.71. The molecule has 2 aliphatic heterocycles. The number of hydrogen-bond acceptors (Lipinski definition) is 5. The zero-order valence-electron chi connectivity index (χ0n) is 12.0. The van der Waals surface area contributed by atoms with Gasteiger partial charge in [0.05, 0.1) is 39.9 Å². The van der Waals surface area contributed by atoms with Gasteiger partial charge in [-0.05, 0) is 27.7 Å². The summed E-state index contributed by atoms with van der Waals surface area (Å²) in [5.74, 6) is 2.07. The van der Waals surface area contributed by atoms with Gasteiger partial charge in [0, 0.05) is 13.1 Å². The van der Waals surface area contributed by atoms with Crippen molar-refractivity contribution >= 4 is 33.0 Å². The fourth-order valence-corrected chi connectivity index (χ4v) is 3.75. The molecule has 0 aliphatic carbocycles. The Bertz CT molecular complexity index is 424. The Morgan fingerprint density at radius 1 is 1.05 bits per heavy atom. The zero-order chi connectivity index (χ0) is 13.9. The van der Waals surface area contributed by atoms with Crippen LogP contribution in [0.5, 0.6) is 0 Å². The van der Waals surface area contributed by atoms with Crippen LogP contribution >= 0.6 is 21.3 Å². The largest absolute Gasteiger partial charge is 0.370 e. The van der Waals surface area contributed by atoms with Gasteiger partial charge in [0.25, 0.3) is 0 Å². The number of amidine groups is 2. The third-order valence-electron chi connectivity index (χ3n) is 3.05. The van der Waals surface area contributed by atoms with Crippen LogP contribution in [0.25, 0.3) is 0 Å². The molecular formula is C12H23IN6. The normalized spacial score (nSPS) is 20.6. The summed E-state index contributed by atoms with van der Waals surface area (Å²) >= 11 is -0.457. The van der Waals surface area contributed by atoms with Gasteiger partial charge in [0.2, 0.25) is 0 Å². The lowest BCUT2D eigenvalue weighted by atomic mass is 10.1. The Labute approximate surface area is 125 Å². The molecule has 2 aliphatic rings. The molecule has 0 amide bonds. The minimum Gasteiger partial charge on any atom is -0.370 e. The maximum atomic E-state index is 4.82. The summed E-state index contributed by atoms with van der Waals surface area (Å²) in [4.78, 5) is 8.95. The second-order valence-electron chi connectivity index (χ2n) is 5.76. The summed E-state index contributed by atoms with van der Waals surface area (Å²) in [6.07, 6.45) is 0. The van der Waals surface area contributed by atoms with E-state index in [2.05, 4.69) is 51.8 Å². The van der Waals surface area contributed by atoms with E-state index in [1.54, 1.807) is 0 Å². The van der Waals surface area contributed by atoms with Crippen LogP contribution in [0.4, 0.5) is 0 Å². The molecule has 0 aromatic heterocycles. The molecule has 7 heteroatoms. The van der Waals surface area contributed by atoms with Crippen LogP contribution in [-0.2, 0) is 0 Å². The first kappa shape index (κ1) is 14.8. The number of hydrogen-bond donors (Lipinski definition) is 3. The summed E-state index contributed by atoms with van der Waals surface area (Å²) < 4.78 is 8.37. The van der Waals surface area contributed by atoms with Crippen molar-refractivity contribution in [3.63, 3.8) is 0 Å². The minimum absolute atomic E-state index is 0.117. The van der Waals surface area contributed by atoms with Crippen molar-refractivity contribution in [2.24, 2.45) is 13.1 Å². The Hall–Kier alpha value is -0.570. The summed E-state index contributed by atoms with van der Waals surface area (Å²) in [6, 6.07) is 0. The Balaban J connectivity index is 1.95. The zero-order valence-corrected chi connectivity index (χ0v) is 14.2. The number of nitrogens with one attached hydrogen (secondary N) is 3. The highest BCUT2D eigenvalue weighted by molar-refractivity contribution is 14.1. The predicted octanol–water partition coefficient (Wildman–Crippen LogP) is 1.21. The fourth-order valence-electron chi connectivity index (χ4n) is 1.94. The molecule has 108 valence electrons. The summed E-state index contributed by atoms with van der Waals surface area (Å²) in [5.41, 5.74) is -0.327. The molecule has 0 bridgehead atoms. The molecule has 0 saturated heterocycles. The summed E-state index contributed by atoms with van der Waals surface area (Å²) in [5, 5.41) is 6.64. The van der Waals surface area contributed by atoms with E-state index in [9.17, 15) is 0 Å². The number of rotatable bonds is 5. The predicted molar refractivity (Wildman–Crippen MR) is 88.4 cm³/mol. The van der Waals surface area contributed by atoms with Gasteiger partial charge in [0.15, 0.2) is 0 Å². The molecule has 0 unspecified atom stereocenters. The first-order chi connectivity index (χ1) is 8.92. The first-order valence-corrected chi connectivity index (χ1v) is 8.66. The minimum atomic E-state index is -0.457. The van der Waals surface area contributed by atoms with Crippen molar-refractivity contribution in [2.75, 3.05) is 26.2 Å². The van der Waals surface area contributed by atoms with Crippen LogP contribution in [0.3, 0.4) is 0 Å². The molecule has 0 radical (unpaired) electrons. The van der Waals surface area contributed by atoms with E-state index >= 15 is 0 Å². The average molecular weight is 378 g/mol. The maximum absolute atomic E-state index is 4.82. The SMILES string of the molecule is CC(C)(N=INC(C)(C)C1=NCCN1)C1=NCCN1. The quantitative estimate of drug-likeness (QED) is 0.497. The fraction of sp³-hybridized carbons (Fsp3) is 0.833.